The summed E-state index contributed by atoms with van der Waals surface area (Å²) in [4.78, 5) is 42.6. The number of imidazole rings is 1. The molecule has 1 amide bonds. The molecule has 8 nitrogen and oxygen atoms in total. The molecule has 0 fully saturated rings. The molecule has 0 aliphatic carbocycles. The number of hydrogen-bond acceptors (Lipinski definition) is 7. The summed E-state index contributed by atoms with van der Waals surface area (Å²) < 4.78 is 10.2. The summed E-state index contributed by atoms with van der Waals surface area (Å²) in [6, 6.07) is 4.91. The summed E-state index contributed by atoms with van der Waals surface area (Å²) in [5.41, 5.74) is 1.17. The first-order valence-corrected chi connectivity index (χ1v) is 8.85. The maximum atomic E-state index is 12.7. The Hall–Kier alpha value is -2.81. The number of amides is 1. The van der Waals surface area contributed by atoms with E-state index in [9.17, 15) is 14.4 Å². The van der Waals surface area contributed by atoms with Gasteiger partial charge < -0.3 is 19.8 Å². The molecule has 0 bridgehead atoms. The van der Waals surface area contributed by atoms with Gasteiger partial charge in [0.25, 0.3) is 5.91 Å². The number of ketones is 1. The maximum Gasteiger partial charge on any atom is 0.356 e. The number of ether oxygens (including phenoxy) is 2. The Kier molecular flexibility index (Phi) is 5.27. The van der Waals surface area contributed by atoms with Crippen LogP contribution >= 0.6 is 11.8 Å². The van der Waals surface area contributed by atoms with Crippen LogP contribution in [0.4, 0.5) is 5.69 Å². The van der Waals surface area contributed by atoms with Crippen LogP contribution in [0, 0.1) is 0 Å². The zero-order valence-corrected chi connectivity index (χ0v) is 15.0. The van der Waals surface area contributed by atoms with Crippen LogP contribution in [0.1, 0.15) is 34.7 Å². The zero-order valence-electron chi connectivity index (χ0n) is 14.2. The third-order valence-corrected chi connectivity index (χ3v) is 4.60. The molecule has 1 atom stereocenters. The van der Waals surface area contributed by atoms with Gasteiger partial charge in [0.1, 0.15) is 11.4 Å². The molecule has 2 N–H and O–H groups in total. The van der Waals surface area contributed by atoms with Crippen LogP contribution in [-0.4, -0.2) is 46.1 Å². The highest BCUT2D eigenvalue weighted by Gasteiger charge is 2.22. The Morgan fingerprint density at radius 2 is 2.23 bits per heavy atom. The summed E-state index contributed by atoms with van der Waals surface area (Å²) in [5, 5.41) is 2.68. The van der Waals surface area contributed by atoms with E-state index in [-0.39, 0.29) is 30.6 Å². The predicted molar refractivity (Wildman–Crippen MR) is 94.8 cm³/mol. The van der Waals surface area contributed by atoms with Gasteiger partial charge in [0, 0.05) is 5.56 Å². The highest BCUT2D eigenvalue weighted by molar-refractivity contribution is 8.00. The number of H-pyrrole nitrogens is 1. The first-order valence-electron chi connectivity index (χ1n) is 7.97. The predicted octanol–water partition coefficient (Wildman–Crippen LogP) is 2.28. The summed E-state index contributed by atoms with van der Waals surface area (Å²) in [5.74, 6) is -0.346. The molecule has 1 aliphatic rings. The number of carbonyl (C=O) groups is 3. The van der Waals surface area contributed by atoms with Crippen molar-refractivity contribution < 1.29 is 23.9 Å². The second-order valence-electron chi connectivity index (χ2n) is 5.49. The van der Waals surface area contributed by atoms with Gasteiger partial charge in [-0.05, 0) is 32.0 Å². The number of aromatic amines is 1. The van der Waals surface area contributed by atoms with E-state index in [1.54, 1.807) is 32.0 Å². The zero-order chi connectivity index (χ0) is 18.7. The molecule has 0 spiro atoms. The first-order chi connectivity index (χ1) is 12.5. The minimum atomic E-state index is -0.490. The third kappa shape index (κ3) is 3.88. The number of benzene rings is 1. The molecule has 1 aromatic carbocycles. The van der Waals surface area contributed by atoms with Crippen LogP contribution < -0.4 is 10.1 Å². The second kappa shape index (κ2) is 7.61. The lowest BCUT2D eigenvalue weighted by molar-refractivity contribution is -0.118. The van der Waals surface area contributed by atoms with Crippen molar-refractivity contribution in [1.82, 2.24) is 9.97 Å². The molecule has 0 radical (unpaired) electrons. The van der Waals surface area contributed by atoms with Gasteiger partial charge in [-0.3, -0.25) is 9.59 Å². The molecule has 9 heteroatoms. The van der Waals surface area contributed by atoms with Gasteiger partial charge in [-0.1, -0.05) is 11.8 Å². The Bertz CT molecular complexity index is 864. The van der Waals surface area contributed by atoms with Gasteiger partial charge in [-0.25, -0.2) is 9.78 Å². The fourth-order valence-corrected chi connectivity index (χ4v) is 3.23. The molecule has 0 saturated carbocycles. The van der Waals surface area contributed by atoms with Crippen LogP contribution in [0.25, 0.3) is 0 Å². The van der Waals surface area contributed by atoms with Crippen molar-refractivity contribution in [3.05, 3.63) is 35.7 Å². The molecule has 26 heavy (non-hydrogen) atoms. The SMILES string of the molecule is CCOC(=O)c1cnc(SC(C)C(=O)c2ccc3c(c2)NC(=O)CO3)[nH]1. The summed E-state index contributed by atoms with van der Waals surface area (Å²) in [7, 11) is 0. The van der Waals surface area contributed by atoms with Gasteiger partial charge in [-0.2, -0.15) is 0 Å². The number of carbonyl (C=O) groups excluding carboxylic acids is 3. The van der Waals surface area contributed by atoms with Crippen molar-refractivity contribution in [3.8, 4) is 5.75 Å². The number of thioether (sulfide) groups is 1. The lowest BCUT2D eigenvalue weighted by atomic mass is 10.1. The van der Waals surface area contributed by atoms with E-state index in [4.69, 9.17) is 9.47 Å². The monoisotopic (exact) mass is 375 g/mol. The lowest BCUT2D eigenvalue weighted by Gasteiger charge is -2.18. The van der Waals surface area contributed by atoms with Crippen LogP contribution in [-0.2, 0) is 9.53 Å². The smallest absolute Gasteiger partial charge is 0.356 e. The molecule has 136 valence electrons. The first kappa shape index (κ1) is 18.0. The average molecular weight is 375 g/mol. The fourth-order valence-electron chi connectivity index (χ4n) is 2.37. The van der Waals surface area contributed by atoms with Crippen molar-refractivity contribution in [2.45, 2.75) is 24.3 Å². The number of nitrogens with zero attached hydrogens (tertiary/aromatic N) is 1. The molecular formula is C17H17N3O5S. The van der Waals surface area contributed by atoms with E-state index in [1.165, 1.54) is 18.0 Å². The van der Waals surface area contributed by atoms with Gasteiger partial charge in [0.2, 0.25) is 0 Å². The number of anilines is 1. The summed E-state index contributed by atoms with van der Waals surface area (Å²) in [6.07, 6.45) is 1.38. The number of rotatable bonds is 6. The summed E-state index contributed by atoms with van der Waals surface area (Å²) >= 11 is 1.20. The second-order valence-corrected chi connectivity index (χ2v) is 6.82. The minimum Gasteiger partial charge on any atom is -0.482 e. The van der Waals surface area contributed by atoms with E-state index in [0.717, 1.165) is 0 Å². The van der Waals surface area contributed by atoms with Gasteiger partial charge in [-0.15, -0.1) is 0 Å². The van der Waals surface area contributed by atoms with Crippen molar-refractivity contribution in [1.29, 1.82) is 0 Å². The summed E-state index contributed by atoms with van der Waals surface area (Å²) in [6.45, 7) is 3.70. The molecule has 1 aromatic heterocycles. The Morgan fingerprint density at radius 3 is 3.00 bits per heavy atom. The Labute approximate surface area is 153 Å². The molecule has 0 saturated heterocycles. The van der Waals surface area contributed by atoms with E-state index < -0.39 is 11.2 Å². The molecule has 1 unspecified atom stereocenters. The molecule has 1 aliphatic heterocycles. The van der Waals surface area contributed by atoms with E-state index >= 15 is 0 Å². The normalized spacial score (nSPS) is 14.0. The van der Waals surface area contributed by atoms with E-state index in [2.05, 4.69) is 15.3 Å². The van der Waals surface area contributed by atoms with E-state index in [1.807, 2.05) is 0 Å². The van der Waals surface area contributed by atoms with Crippen molar-refractivity contribution in [2.24, 2.45) is 0 Å². The van der Waals surface area contributed by atoms with Gasteiger partial charge in [0.15, 0.2) is 17.5 Å². The number of esters is 1. The van der Waals surface area contributed by atoms with Crippen LogP contribution in [0.3, 0.4) is 0 Å². The Balaban J connectivity index is 1.69. The maximum absolute atomic E-state index is 12.7. The Morgan fingerprint density at radius 1 is 1.42 bits per heavy atom. The van der Waals surface area contributed by atoms with Crippen LogP contribution in [0.15, 0.2) is 29.6 Å². The number of hydrogen-bond donors (Lipinski definition) is 2. The highest BCUT2D eigenvalue weighted by Crippen LogP contribution is 2.30. The third-order valence-electron chi connectivity index (χ3n) is 3.60. The van der Waals surface area contributed by atoms with Crippen LogP contribution in [0.5, 0.6) is 5.75 Å². The topological polar surface area (TPSA) is 110 Å². The van der Waals surface area contributed by atoms with E-state index in [0.29, 0.717) is 22.2 Å². The standard InChI is InChI=1S/C17H17N3O5S/c1-3-24-16(23)12-7-18-17(20-12)26-9(2)15(22)10-4-5-13-11(6-10)19-14(21)8-25-13/h4-7,9H,3,8H2,1-2H3,(H,18,20)(H,19,21). The molecule has 2 heterocycles. The lowest BCUT2D eigenvalue weighted by Crippen LogP contribution is -2.25. The van der Waals surface area contributed by atoms with Gasteiger partial charge >= 0.3 is 5.97 Å². The number of nitrogens with one attached hydrogen (secondary N) is 2. The van der Waals surface area contributed by atoms with Gasteiger partial charge in [0.05, 0.1) is 23.7 Å². The van der Waals surface area contributed by atoms with Crippen LogP contribution in [0.2, 0.25) is 0 Å². The van der Waals surface area contributed by atoms with Crippen molar-refractivity contribution in [2.75, 3.05) is 18.5 Å². The molecular weight excluding hydrogens is 358 g/mol. The fraction of sp³-hybridized carbons (Fsp3) is 0.294. The number of fused-ring (bicyclic) bond motifs is 1. The molecule has 3 rings (SSSR count). The molecule has 2 aromatic rings. The largest absolute Gasteiger partial charge is 0.482 e. The van der Waals surface area contributed by atoms with Crippen molar-refractivity contribution in [3.63, 3.8) is 0 Å². The number of aromatic nitrogens is 2. The average Bonchev–Trinajstić information content (AvgIpc) is 3.09. The highest BCUT2D eigenvalue weighted by atomic mass is 32.2. The minimum absolute atomic E-state index is 0.0339. The number of Topliss-reactive ketones (excluding diaryl/α,β-unsaturated/α-hetero) is 1. The quantitative estimate of drug-likeness (QED) is 0.453. The van der Waals surface area contributed by atoms with Crippen molar-refractivity contribution >= 4 is 35.1 Å².